The molecule has 0 aliphatic heterocycles. The fourth-order valence-corrected chi connectivity index (χ4v) is 4.50. The van der Waals surface area contributed by atoms with Crippen LogP contribution < -0.4 is 5.32 Å². The first kappa shape index (κ1) is 19.0. The fraction of sp³-hybridized carbons (Fsp3) is 0.348. The molecule has 2 aromatic carbocycles. The molecule has 1 fully saturated rings. The van der Waals surface area contributed by atoms with Crippen LogP contribution in [0, 0.1) is 0 Å². The van der Waals surface area contributed by atoms with Crippen molar-refractivity contribution >= 4 is 28.4 Å². The van der Waals surface area contributed by atoms with Gasteiger partial charge in [-0.3, -0.25) is 4.79 Å². The molecule has 2 N–H and O–H groups in total. The summed E-state index contributed by atoms with van der Waals surface area (Å²) < 4.78 is 2.04. The molecule has 1 saturated carbocycles. The molecular formula is C23H25ClN2O2. The highest BCUT2D eigenvalue weighted by molar-refractivity contribution is 6.30. The minimum atomic E-state index is -0.739. The third-order valence-electron chi connectivity index (χ3n) is 6.04. The van der Waals surface area contributed by atoms with Crippen molar-refractivity contribution in [2.75, 3.05) is 6.54 Å². The molecule has 0 radical (unpaired) electrons. The SMILES string of the molecule is Cn1ccc2cc(C(O)CNC(=O)C3(c4ccc(Cl)cc4)CCCC3)ccc21. The number of aliphatic hydroxyl groups excluding tert-OH is 1. The van der Waals surface area contributed by atoms with Crippen LogP contribution in [-0.4, -0.2) is 22.1 Å². The standard InChI is InChI=1S/C23H25ClN2O2/c1-26-13-10-16-14-17(4-9-20(16)26)21(27)15-25-22(28)23(11-2-3-12-23)18-5-7-19(24)8-6-18/h4-10,13-14,21,27H,2-3,11-12,15H2,1H3,(H,25,28). The molecule has 1 atom stereocenters. The number of aryl methyl sites for hydroxylation is 1. The number of halogens is 1. The Labute approximate surface area is 170 Å². The van der Waals surface area contributed by atoms with Crippen molar-refractivity contribution in [3.8, 4) is 0 Å². The average molecular weight is 397 g/mol. The van der Waals surface area contributed by atoms with Crippen LogP contribution in [0.25, 0.3) is 10.9 Å². The minimum Gasteiger partial charge on any atom is -0.387 e. The highest BCUT2D eigenvalue weighted by Gasteiger charge is 2.42. The summed E-state index contributed by atoms with van der Waals surface area (Å²) in [6.45, 7) is 0.201. The van der Waals surface area contributed by atoms with E-state index in [9.17, 15) is 9.90 Å². The van der Waals surface area contributed by atoms with E-state index in [0.717, 1.165) is 47.7 Å². The summed E-state index contributed by atoms with van der Waals surface area (Å²) in [5.41, 5.74) is 2.42. The summed E-state index contributed by atoms with van der Waals surface area (Å²) in [6.07, 6.45) is 4.97. The van der Waals surface area contributed by atoms with Crippen LogP contribution in [0.1, 0.15) is 42.9 Å². The van der Waals surface area contributed by atoms with E-state index in [-0.39, 0.29) is 12.5 Å². The molecule has 1 aliphatic carbocycles. The van der Waals surface area contributed by atoms with Gasteiger partial charge in [-0.15, -0.1) is 0 Å². The molecule has 0 bridgehead atoms. The molecule has 0 saturated heterocycles. The van der Waals surface area contributed by atoms with Gasteiger partial charge in [0, 0.05) is 30.3 Å². The number of hydrogen-bond acceptors (Lipinski definition) is 2. The molecule has 4 nitrogen and oxygen atoms in total. The van der Waals surface area contributed by atoms with Gasteiger partial charge in [0.05, 0.1) is 11.5 Å². The van der Waals surface area contributed by atoms with Gasteiger partial charge in [-0.05, 0) is 59.7 Å². The Bertz CT molecular complexity index is 988. The molecule has 146 valence electrons. The largest absolute Gasteiger partial charge is 0.387 e. The number of aromatic nitrogens is 1. The Morgan fingerprint density at radius 1 is 1.18 bits per heavy atom. The quantitative estimate of drug-likeness (QED) is 0.667. The van der Waals surface area contributed by atoms with E-state index in [2.05, 4.69) is 5.32 Å². The van der Waals surface area contributed by atoms with Crippen molar-refractivity contribution in [1.82, 2.24) is 9.88 Å². The van der Waals surface area contributed by atoms with Gasteiger partial charge in [0.2, 0.25) is 5.91 Å². The average Bonchev–Trinajstić information content (AvgIpc) is 3.34. The predicted octanol–water partition coefficient (Wildman–Crippen LogP) is 4.49. The smallest absolute Gasteiger partial charge is 0.230 e. The summed E-state index contributed by atoms with van der Waals surface area (Å²) in [4.78, 5) is 13.1. The molecule has 1 aromatic heterocycles. The zero-order chi connectivity index (χ0) is 19.7. The molecule has 28 heavy (non-hydrogen) atoms. The number of aliphatic hydroxyl groups is 1. The van der Waals surface area contributed by atoms with Crippen LogP contribution in [0.15, 0.2) is 54.7 Å². The van der Waals surface area contributed by atoms with Crippen molar-refractivity contribution in [2.45, 2.75) is 37.2 Å². The maximum absolute atomic E-state index is 13.1. The Balaban J connectivity index is 1.49. The second-order valence-electron chi connectivity index (χ2n) is 7.77. The van der Waals surface area contributed by atoms with Gasteiger partial charge in [0.25, 0.3) is 0 Å². The van der Waals surface area contributed by atoms with Crippen molar-refractivity contribution in [3.05, 3.63) is 70.9 Å². The first-order valence-electron chi connectivity index (χ1n) is 9.77. The van der Waals surface area contributed by atoms with Gasteiger partial charge in [-0.1, -0.05) is 42.6 Å². The molecule has 4 rings (SSSR count). The Kier molecular flexibility index (Phi) is 5.17. The van der Waals surface area contributed by atoms with Gasteiger partial charge in [0.1, 0.15) is 0 Å². The first-order chi connectivity index (χ1) is 13.5. The number of nitrogens with zero attached hydrogens (tertiary/aromatic N) is 1. The molecule has 3 aromatic rings. The zero-order valence-electron chi connectivity index (χ0n) is 16.0. The van der Waals surface area contributed by atoms with Crippen LogP contribution in [0.2, 0.25) is 5.02 Å². The van der Waals surface area contributed by atoms with Crippen LogP contribution >= 0.6 is 11.6 Å². The highest BCUT2D eigenvalue weighted by atomic mass is 35.5. The maximum Gasteiger partial charge on any atom is 0.230 e. The van der Waals surface area contributed by atoms with E-state index >= 15 is 0 Å². The van der Waals surface area contributed by atoms with E-state index in [4.69, 9.17) is 11.6 Å². The lowest BCUT2D eigenvalue weighted by Crippen LogP contribution is -2.44. The number of rotatable bonds is 5. The maximum atomic E-state index is 13.1. The summed E-state index contributed by atoms with van der Waals surface area (Å²) in [5, 5.41) is 15.4. The molecule has 1 heterocycles. The van der Waals surface area contributed by atoms with Gasteiger partial charge in [0.15, 0.2) is 0 Å². The highest BCUT2D eigenvalue weighted by Crippen LogP contribution is 2.41. The van der Waals surface area contributed by atoms with Crippen molar-refractivity contribution in [3.63, 3.8) is 0 Å². The van der Waals surface area contributed by atoms with Crippen molar-refractivity contribution < 1.29 is 9.90 Å². The van der Waals surface area contributed by atoms with Crippen LogP contribution in [0.4, 0.5) is 0 Å². The fourth-order valence-electron chi connectivity index (χ4n) is 4.38. The van der Waals surface area contributed by atoms with Gasteiger partial charge in [-0.2, -0.15) is 0 Å². The van der Waals surface area contributed by atoms with Gasteiger partial charge < -0.3 is 15.0 Å². The third kappa shape index (κ3) is 3.43. The normalized spacial score (nSPS) is 17.0. The van der Waals surface area contributed by atoms with E-state index < -0.39 is 11.5 Å². The van der Waals surface area contributed by atoms with Crippen LogP contribution in [-0.2, 0) is 17.3 Å². The summed E-state index contributed by atoms with van der Waals surface area (Å²) >= 11 is 6.02. The van der Waals surface area contributed by atoms with E-state index in [0.29, 0.717) is 5.02 Å². The molecule has 1 amide bonds. The number of carbonyl (C=O) groups excluding carboxylic acids is 1. The molecule has 5 heteroatoms. The molecular weight excluding hydrogens is 372 g/mol. The van der Waals surface area contributed by atoms with Gasteiger partial charge >= 0.3 is 0 Å². The summed E-state index contributed by atoms with van der Waals surface area (Å²) in [7, 11) is 2.00. The summed E-state index contributed by atoms with van der Waals surface area (Å²) in [5.74, 6) is -0.00726. The Hall–Kier alpha value is -2.30. The van der Waals surface area contributed by atoms with E-state index in [1.165, 1.54) is 0 Å². The number of carbonyl (C=O) groups is 1. The van der Waals surface area contributed by atoms with Crippen LogP contribution in [0.5, 0.6) is 0 Å². The summed E-state index contributed by atoms with van der Waals surface area (Å²) in [6, 6.07) is 15.5. The second-order valence-corrected chi connectivity index (χ2v) is 8.20. The lowest BCUT2D eigenvalue weighted by Gasteiger charge is -2.29. The number of nitrogens with one attached hydrogen (secondary N) is 1. The predicted molar refractivity (Wildman–Crippen MR) is 112 cm³/mol. The number of fused-ring (bicyclic) bond motifs is 1. The van der Waals surface area contributed by atoms with E-state index in [1.807, 2.05) is 66.3 Å². The lowest BCUT2D eigenvalue weighted by molar-refractivity contribution is -0.127. The molecule has 1 unspecified atom stereocenters. The molecule has 0 spiro atoms. The van der Waals surface area contributed by atoms with Gasteiger partial charge in [-0.25, -0.2) is 0 Å². The second kappa shape index (κ2) is 7.61. The third-order valence-corrected chi connectivity index (χ3v) is 6.29. The number of amides is 1. The zero-order valence-corrected chi connectivity index (χ0v) is 16.7. The minimum absolute atomic E-state index is 0.00726. The van der Waals surface area contributed by atoms with Crippen molar-refractivity contribution in [2.24, 2.45) is 7.05 Å². The lowest BCUT2D eigenvalue weighted by atomic mass is 9.78. The van der Waals surface area contributed by atoms with Crippen LogP contribution in [0.3, 0.4) is 0 Å². The first-order valence-corrected chi connectivity index (χ1v) is 10.1. The Morgan fingerprint density at radius 3 is 2.61 bits per heavy atom. The monoisotopic (exact) mass is 396 g/mol. The Morgan fingerprint density at radius 2 is 1.89 bits per heavy atom. The number of hydrogen-bond donors (Lipinski definition) is 2. The van der Waals surface area contributed by atoms with Crippen molar-refractivity contribution in [1.29, 1.82) is 0 Å². The van der Waals surface area contributed by atoms with E-state index in [1.54, 1.807) is 0 Å². The molecule has 1 aliphatic rings. The number of benzene rings is 2. The topological polar surface area (TPSA) is 54.3 Å².